The van der Waals surface area contributed by atoms with Gasteiger partial charge >= 0.3 is 0 Å². The van der Waals surface area contributed by atoms with Crippen LogP contribution in [0.15, 0.2) is 42.6 Å². The Kier molecular flexibility index (Phi) is 5.66. The second-order valence-electron chi connectivity index (χ2n) is 6.47. The molecule has 0 saturated carbocycles. The SMILES string of the molecule is CCN1CCN(c2ccc(NC(=O)Cc3ccccc3C)nc2)CC1. The molecular formula is C20H26N4O. The van der Waals surface area contributed by atoms with E-state index < -0.39 is 0 Å². The minimum Gasteiger partial charge on any atom is -0.368 e. The molecule has 0 aliphatic carbocycles. The van der Waals surface area contributed by atoms with Gasteiger partial charge in [-0.3, -0.25) is 4.79 Å². The van der Waals surface area contributed by atoms with Gasteiger partial charge in [0.15, 0.2) is 0 Å². The summed E-state index contributed by atoms with van der Waals surface area (Å²) >= 11 is 0. The van der Waals surface area contributed by atoms with Crippen molar-refractivity contribution in [2.45, 2.75) is 20.3 Å². The number of carbonyl (C=O) groups is 1. The van der Waals surface area contributed by atoms with Crippen LogP contribution >= 0.6 is 0 Å². The smallest absolute Gasteiger partial charge is 0.229 e. The first-order valence-corrected chi connectivity index (χ1v) is 8.93. The number of benzene rings is 1. The lowest BCUT2D eigenvalue weighted by Gasteiger charge is -2.35. The number of carbonyl (C=O) groups excluding carboxylic acids is 1. The van der Waals surface area contributed by atoms with Gasteiger partial charge in [-0.1, -0.05) is 31.2 Å². The zero-order chi connectivity index (χ0) is 17.6. The molecular weight excluding hydrogens is 312 g/mol. The molecule has 1 saturated heterocycles. The number of rotatable bonds is 5. The van der Waals surface area contributed by atoms with Crippen molar-refractivity contribution in [2.24, 2.45) is 0 Å². The Morgan fingerprint density at radius 1 is 1.12 bits per heavy atom. The lowest BCUT2D eigenvalue weighted by molar-refractivity contribution is -0.115. The van der Waals surface area contributed by atoms with Gasteiger partial charge in [0.25, 0.3) is 0 Å². The summed E-state index contributed by atoms with van der Waals surface area (Å²) in [6.07, 6.45) is 2.22. The van der Waals surface area contributed by atoms with Crippen LogP contribution in [0, 0.1) is 6.92 Å². The van der Waals surface area contributed by atoms with Gasteiger partial charge < -0.3 is 15.1 Å². The van der Waals surface area contributed by atoms with Crippen molar-refractivity contribution in [1.29, 1.82) is 0 Å². The van der Waals surface area contributed by atoms with E-state index in [1.54, 1.807) is 0 Å². The molecule has 25 heavy (non-hydrogen) atoms. The number of likely N-dealkylation sites (N-methyl/N-ethyl adjacent to an activating group) is 1. The second-order valence-corrected chi connectivity index (χ2v) is 6.47. The van der Waals surface area contributed by atoms with Crippen molar-refractivity contribution in [1.82, 2.24) is 9.88 Å². The Hall–Kier alpha value is -2.40. The molecule has 1 aliphatic heterocycles. The topological polar surface area (TPSA) is 48.5 Å². The summed E-state index contributed by atoms with van der Waals surface area (Å²) in [7, 11) is 0. The maximum Gasteiger partial charge on any atom is 0.229 e. The van der Waals surface area contributed by atoms with Gasteiger partial charge in [0.2, 0.25) is 5.91 Å². The first-order chi connectivity index (χ1) is 12.2. The van der Waals surface area contributed by atoms with E-state index in [0.717, 1.165) is 49.5 Å². The van der Waals surface area contributed by atoms with Gasteiger partial charge in [-0.05, 0) is 36.7 Å². The van der Waals surface area contributed by atoms with Crippen LogP contribution in [-0.4, -0.2) is 48.5 Å². The number of piperazine rings is 1. The van der Waals surface area contributed by atoms with E-state index in [0.29, 0.717) is 12.2 Å². The molecule has 0 bridgehead atoms. The second kappa shape index (κ2) is 8.12. The van der Waals surface area contributed by atoms with Crippen LogP contribution < -0.4 is 10.2 Å². The summed E-state index contributed by atoms with van der Waals surface area (Å²) < 4.78 is 0. The van der Waals surface area contributed by atoms with E-state index >= 15 is 0 Å². The van der Waals surface area contributed by atoms with Crippen molar-refractivity contribution in [3.63, 3.8) is 0 Å². The normalized spacial score (nSPS) is 15.2. The van der Waals surface area contributed by atoms with E-state index in [2.05, 4.69) is 27.0 Å². The van der Waals surface area contributed by atoms with Crippen LogP contribution in [0.3, 0.4) is 0 Å². The zero-order valence-corrected chi connectivity index (χ0v) is 15.0. The van der Waals surface area contributed by atoms with E-state index in [9.17, 15) is 4.79 Å². The van der Waals surface area contributed by atoms with Crippen LogP contribution in [0.1, 0.15) is 18.1 Å². The van der Waals surface area contributed by atoms with Gasteiger partial charge in [-0.15, -0.1) is 0 Å². The molecule has 0 spiro atoms. The molecule has 1 N–H and O–H groups in total. The molecule has 0 radical (unpaired) electrons. The van der Waals surface area contributed by atoms with E-state index in [1.807, 2.05) is 49.5 Å². The standard InChI is InChI=1S/C20H26N4O/c1-3-23-10-12-24(13-11-23)18-8-9-19(21-15-18)22-20(25)14-17-7-5-4-6-16(17)2/h4-9,15H,3,10-14H2,1-2H3,(H,21,22,25). The average molecular weight is 338 g/mol. The molecule has 3 rings (SSSR count). The quantitative estimate of drug-likeness (QED) is 0.911. The molecule has 1 amide bonds. The van der Waals surface area contributed by atoms with Crippen LogP contribution in [-0.2, 0) is 11.2 Å². The van der Waals surface area contributed by atoms with Crippen molar-refractivity contribution in [3.8, 4) is 0 Å². The molecule has 0 unspecified atom stereocenters. The summed E-state index contributed by atoms with van der Waals surface area (Å²) in [5, 5.41) is 2.89. The molecule has 1 fully saturated rings. The molecule has 2 heterocycles. The number of pyridine rings is 1. The molecule has 2 aromatic rings. The fourth-order valence-corrected chi connectivity index (χ4v) is 3.14. The third-order valence-electron chi connectivity index (χ3n) is 4.81. The number of anilines is 2. The first kappa shape index (κ1) is 17.4. The van der Waals surface area contributed by atoms with Gasteiger partial charge in [0.05, 0.1) is 18.3 Å². The highest BCUT2D eigenvalue weighted by molar-refractivity contribution is 5.91. The van der Waals surface area contributed by atoms with Crippen molar-refractivity contribution in [3.05, 3.63) is 53.7 Å². The summed E-state index contributed by atoms with van der Waals surface area (Å²) in [4.78, 5) is 21.4. The fraction of sp³-hybridized carbons (Fsp3) is 0.400. The predicted octanol–water partition coefficient (Wildman–Crippen LogP) is 2.71. The largest absolute Gasteiger partial charge is 0.368 e. The third-order valence-corrected chi connectivity index (χ3v) is 4.81. The van der Waals surface area contributed by atoms with Crippen LogP contribution in [0.2, 0.25) is 0 Å². The highest BCUT2D eigenvalue weighted by atomic mass is 16.1. The minimum atomic E-state index is -0.0360. The molecule has 132 valence electrons. The van der Waals surface area contributed by atoms with E-state index in [4.69, 9.17) is 0 Å². The molecule has 1 aromatic heterocycles. The third kappa shape index (κ3) is 4.57. The number of hydrogen-bond acceptors (Lipinski definition) is 4. The lowest BCUT2D eigenvalue weighted by atomic mass is 10.1. The number of nitrogens with one attached hydrogen (secondary N) is 1. The summed E-state index contributed by atoms with van der Waals surface area (Å²) in [6, 6.07) is 11.9. The number of amides is 1. The Morgan fingerprint density at radius 2 is 1.88 bits per heavy atom. The lowest BCUT2D eigenvalue weighted by Crippen LogP contribution is -2.46. The van der Waals surface area contributed by atoms with Crippen LogP contribution in [0.5, 0.6) is 0 Å². The fourth-order valence-electron chi connectivity index (χ4n) is 3.14. The summed E-state index contributed by atoms with van der Waals surface area (Å²) in [5.41, 5.74) is 3.30. The average Bonchev–Trinajstić information content (AvgIpc) is 2.64. The molecule has 1 aliphatic rings. The number of aryl methyl sites for hydroxylation is 1. The Morgan fingerprint density at radius 3 is 2.52 bits per heavy atom. The Bertz CT molecular complexity index is 706. The Labute approximate surface area is 149 Å². The monoisotopic (exact) mass is 338 g/mol. The van der Waals surface area contributed by atoms with Crippen molar-refractivity contribution in [2.75, 3.05) is 42.9 Å². The maximum absolute atomic E-state index is 12.2. The van der Waals surface area contributed by atoms with Crippen molar-refractivity contribution >= 4 is 17.4 Å². The molecule has 0 atom stereocenters. The predicted molar refractivity (Wildman–Crippen MR) is 102 cm³/mol. The first-order valence-electron chi connectivity index (χ1n) is 8.93. The van der Waals surface area contributed by atoms with Gasteiger partial charge in [0, 0.05) is 26.2 Å². The number of aromatic nitrogens is 1. The van der Waals surface area contributed by atoms with Crippen LogP contribution in [0.25, 0.3) is 0 Å². The van der Waals surface area contributed by atoms with Gasteiger partial charge in [0.1, 0.15) is 5.82 Å². The van der Waals surface area contributed by atoms with E-state index in [-0.39, 0.29) is 5.91 Å². The summed E-state index contributed by atoms with van der Waals surface area (Å²) in [6.45, 7) is 9.55. The molecule has 1 aromatic carbocycles. The van der Waals surface area contributed by atoms with E-state index in [1.165, 1.54) is 0 Å². The van der Waals surface area contributed by atoms with Gasteiger partial charge in [-0.2, -0.15) is 0 Å². The minimum absolute atomic E-state index is 0.0360. The molecule has 5 nitrogen and oxygen atoms in total. The highest BCUT2D eigenvalue weighted by Gasteiger charge is 2.16. The molecule has 5 heteroatoms. The van der Waals surface area contributed by atoms with Crippen molar-refractivity contribution < 1.29 is 4.79 Å². The number of hydrogen-bond donors (Lipinski definition) is 1. The maximum atomic E-state index is 12.2. The van der Waals surface area contributed by atoms with Crippen LogP contribution in [0.4, 0.5) is 11.5 Å². The zero-order valence-electron chi connectivity index (χ0n) is 15.0. The van der Waals surface area contributed by atoms with Gasteiger partial charge in [-0.25, -0.2) is 4.98 Å². The highest BCUT2D eigenvalue weighted by Crippen LogP contribution is 2.17. The summed E-state index contributed by atoms with van der Waals surface area (Å²) in [5.74, 6) is 0.570. The Balaban J connectivity index is 1.56. The number of nitrogens with zero attached hydrogens (tertiary/aromatic N) is 3.